The van der Waals surface area contributed by atoms with Gasteiger partial charge in [0.15, 0.2) is 0 Å². The maximum atomic E-state index is 13.4. The number of hydrogen-bond donors (Lipinski definition) is 1. The molecule has 0 bridgehead atoms. The van der Waals surface area contributed by atoms with Crippen LogP contribution in [-0.2, 0) is 11.3 Å². The molecule has 0 radical (unpaired) electrons. The second kappa shape index (κ2) is 6.70. The molecule has 1 atom stereocenters. The summed E-state index contributed by atoms with van der Waals surface area (Å²) in [5.41, 5.74) is 0.695. The standard InChI is InChI=1S/C15H20FNO3/c1-20-14-7-6-12(16)9-11(14)10-17-8-4-2-3-5-13(17)15(18)19/h6-7,9,13H,2-5,8,10H2,1H3,(H,18,19). The van der Waals surface area contributed by atoms with Gasteiger partial charge in [-0.2, -0.15) is 0 Å². The molecule has 0 spiro atoms. The molecule has 2 rings (SSSR count). The van der Waals surface area contributed by atoms with E-state index in [-0.39, 0.29) is 5.82 Å². The van der Waals surface area contributed by atoms with Gasteiger partial charge in [0.1, 0.15) is 17.6 Å². The summed E-state index contributed by atoms with van der Waals surface area (Å²) in [6, 6.07) is 3.85. The summed E-state index contributed by atoms with van der Waals surface area (Å²) >= 11 is 0. The number of ether oxygens (including phenoxy) is 1. The van der Waals surface area contributed by atoms with Gasteiger partial charge in [0, 0.05) is 12.1 Å². The summed E-state index contributed by atoms with van der Waals surface area (Å²) in [5.74, 6) is -0.537. The van der Waals surface area contributed by atoms with Gasteiger partial charge in [-0.05, 0) is 37.6 Å². The van der Waals surface area contributed by atoms with Crippen molar-refractivity contribution < 1.29 is 19.0 Å². The molecule has 20 heavy (non-hydrogen) atoms. The van der Waals surface area contributed by atoms with Crippen molar-refractivity contribution in [3.05, 3.63) is 29.6 Å². The van der Waals surface area contributed by atoms with E-state index in [0.29, 0.717) is 24.3 Å². The first-order chi connectivity index (χ1) is 9.61. The van der Waals surface area contributed by atoms with E-state index in [1.807, 2.05) is 4.90 Å². The van der Waals surface area contributed by atoms with Crippen molar-refractivity contribution in [3.8, 4) is 5.75 Å². The fourth-order valence-corrected chi connectivity index (χ4v) is 2.73. The van der Waals surface area contributed by atoms with Crippen LogP contribution in [0.3, 0.4) is 0 Å². The van der Waals surface area contributed by atoms with E-state index in [9.17, 15) is 14.3 Å². The summed E-state index contributed by atoms with van der Waals surface area (Å²) in [5, 5.41) is 9.35. The highest BCUT2D eigenvalue weighted by Crippen LogP contribution is 2.25. The number of likely N-dealkylation sites (tertiary alicyclic amines) is 1. The number of halogens is 1. The predicted octanol–water partition coefficient (Wildman–Crippen LogP) is 2.66. The molecule has 0 amide bonds. The van der Waals surface area contributed by atoms with E-state index in [1.165, 1.54) is 19.2 Å². The Kier molecular flexibility index (Phi) is 4.95. The molecule has 5 heteroatoms. The Labute approximate surface area is 118 Å². The van der Waals surface area contributed by atoms with Gasteiger partial charge in [0.25, 0.3) is 0 Å². The zero-order chi connectivity index (χ0) is 14.5. The SMILES string of the molecule is COc1ccc(F)cc1CN1CCCCCC1C(=O)O. The molecule has 1 aromatic carbocycles. The predicted molar refractivity (Wildman–Crippen MR) is 73.3 cm³/mol. The Morgan fingerprint density at radius 3 is 2.95 bits per heavy atom. The molecular formula is C15H20FNO3. The van der Waals surface area contributed by atoms with Gasteiger partial charge >= 0.3 is 5.97 Å². The quantitative estimate of drug-likeness (QED) is 0.922. The topological polar surface area (TPSA) is 49.8 Å². The lowest BCUT2D eigenvalue weighted by molar-refractivity contribution is -0.143. The van der Waals surface area contributed by atoms with E-state index in [4.69, 9.17) is 4.74 Å². The third-order valence-electron chi connectivity index (χ3n) is 3.76. The van der Waals surface area contributed by atoms with Crippen LogP contribution in [0.25, 0.3) is 0 Å². The van der Waals surface area contributed by atoms with Gasteiger partial charge in [-0.1, -0.05) is 12.8 Å². The first-order valence-electron chi connectivity index (χ1n) is 6.91. The molecule has 1 N–H and O–H groups in total. The molecule has 1 heterocycles. The lowest BCUT2D eigenvalue weighted by Gasteiger charge is -2.27. The first-order valence-corrected chi connectivity index (χ1v) is 6.91. The molecule has 110 valence electrons. The number of rotatable bonds is 4. The molecule has 4 nitrogen and oxygen atoms in total. The Hall–Kier alpha value is -1.62. The van der Waals surface area contributed by atoms with Crippen molar-refractivity contribution in [3.63, 3.8) is 0 Å². The molecule has 1 unspecified atom stereocenters. The summed E-state index contributed by atoms with van der Waals surface area (Å²) < 4.78 is 18.6. The van der Waals surface area contributed by atoms with Crippen molar-refractivity contribution in [1.82, 2.24) is 4.90 Å². The Morgan fingerprint density at radius 1 is 1.45 bits per heavy atom. The lowest BCUT2D eigenvalue weighted by Crippen LogP contribution is -2.40. The van der Waals surface area contributed by atoms with E-state index < -0.39 is 12.0 Å². The minimum Gasteiger partial charge on any atom is -0.496 e. The van der Waals surface area contributed by atoms with E-state index in [0.717, 1.165) is 25.8 Å². The Morgan fingerprint density at radius 2 is 2.25 bits per heavy atom. The maximum absolute atomic E-state index is 13.4. The fourth-order valence-electron chi connectivity index (χ4n) is 2.73. The molecule has 1 aliphatic rings. The first kappa shape index (κ1) is 14.8. The number of carboxylic acid groups (broad SMARTS) is 1. The van der Waals surface area contributed by atoms with E-state index in [2.05, 4.69) is 0 Å². The number of methoxy groups -OCH3 is 1. The van der Waals surface area contributed by atoms with Crippen molar-refractivity contribution >= 4 is 5.97 Å². The number of hydrogen-bond acceptors (Lipinski definition) is 3. The molecule has 0 aliphatic carbocycles. The maximum Gasteiger partial charge on any atom is 0.320 e. The number of aliphatic carboxylic acids is 1. The Balaban J connectivity index is 2.21. The summed E-state index contributed by atoms with van der Waals surface area (Å²) in [6.07, 6.45) is 3.59. The van der Waals surface area contributed by atoms with Crippen molar-refractivity contribution in [2.75, 3.05) is 13.7 Å². The van der Waals surface area contributed by atoms with Crippen LogP contribution in [0.5, 0.6) is 5.75 Å². The molecule has 0 aromatic heterocycles. The summed E-state index contributed by atoms with van der Waals surface area (Å²) in [6.45, 7) is 1.12. The van der Waals surface area contributed by atoms with Crippen LogP contribution in [-0.4, -0.2) is 35.7 Å². The fraction of sp³-hybridized carbons (Fsp3) is 0.533. The van der Waals surface area contributed by atoms with Crippen molar-refractivity contribution in [1.29, 1.82) is 0 Å². The molecule has 1 aliphatic heterocycles. The number of carbonyl (C=O) groups is 1. The van der Waals surface area contributed by atoms with Crippen LogP contribution < -0.4 is 4.74 Å². The van der Waals surface area contributed by atoms with Crippen LogP contribution in [0.15, 0.2) is 18.2 Å². The van der Waals surface area contributed by atoms with Crippen LogP contribution in [0.1, 0.15) is 31.2 Å². The van der Waals surface area contributed by atoms with Crippen LogP contribution in [0, 0.1) is 5.82 Å². The molecule has 1 fully saturated rings. The second-order valence-corrected chi connectivity index (χ2v) is 5.13. The lowest BCUT2D eigenvalue weighted by atomic mass is 10.1. The molecule has 1 aromatic rings. The average Bonchev–Trinajstić information content (AvgIpc) is 2.64. The Bertz CT molecular complexity index is 478. The zero-order valence-electron chi connectivity index (χ0n) is 11.6. The normalized spacial score (nSPS) is 20.4. The van der Waals surface area contributed by atoms with E-state index in [1.54, 1.807) is 6.07 Å². The summed E-state index contributed by atoms with van der Waals surface area (Å²) in [7, 11) is 1.54. The zero-order valence-corrected chi connectivity index (χ0v) is 11.6. The molecule has 1 saturated heterocycles. The van der Waals surface area contributed by atoms with Crippen LogP contribution >= 0.6 is 0 Å². The minimum absolute atomic E-state index is 0.331. The molecule has 0 saturated carbocycles. The number of benzene rings is 1. The van der Waals surface area contributed by atoms with Gasteiger partial charge in [-0.25, -0.2) is 4.39 Å². The largest absolute Gasteiger partial charge is 0.496 e. The van der Waals surface area contributed by atoms with Gasteiger partial charge in [-0.15, -0.1) is 0 Å². The van der Waals surface area contributed by atoms with Crippen molar-refractivity contribution in [2.24, 2.45) is 0 Å². The number of nitrogens with zero attached hydrogens (tertiary/aromatic N) is 1. The minimum atomic E-state index is -0.803. The smallest absolute Gasteiger partial charge is 0.320 e. The van der Waals surface area contributed by atoms with Gasteiger partial charge < -0.3 is 9.84 Å². The average molecular weight is 281 g/mol. The highest BCUT2D eigenvalue weighted by molar-refractivity contribution is 5.73. The third kappa shape index (κ3) is 3.48. The van der Waals surface area contributed by atoms with Crippen molar-refractivity contribution in [2.45, 2.75) is 38.3 Å². The molecular weight excluding hydrogens is 261 g/mol. The van der Waals surface area contributed by atoms with Gasteiger partial charge in [0.2, 0.25) is 0 Å². The number of carboxylic acids is 1. The highest BCUT2D eigenvalue weighted by atomic mass is 19.1. The second-order valence-electron chi connectivity index (χ2n) is 5.13. The van der Waals surface area contributed by atoms with Crippen LogP contribution in [0.4, 0.5) is 4.39 Å². The van der Waals surface area contributed by atoms with Gasteiger partial charge in [-0.3, -0.25) is 9.69 Å². The highest BCUT2D eigenvalue weighted by Gasteiger charge is 2.27. The van der Waals surface area contributed by atoms with Gasteiger partial charge in [0.05, 0.1) is 7.11 Å². The van der Waals surface area contributed by atoms with Crippen LogP contribution in [0.2, 0.25) is 0 Å². The third-order valence-corrected chi connectivity index (χ3v) is 3.76. The summed E-state index contributed by atoms with van der Waals surface area (Å²) in [4.78, 5) is 13.3. The monoisotopic (exact) mass is 281 g/mol. The van der Waals surface area contributed by atoms with E-state index >= 15 is 0 Å².